The lowest BCUT2D eigenvalue weighted by molar-refractivity contribution is -0.176. The third kappa shape index (κ3) is 3.77. The molecule has 7 aliphatic rings. The zero-order valence-electron chi connectivity index (χ0n) is 27.3. The summed E-state index contributed by atoms with van der Waals surface area (Å²) in [5.74, 6) is -2.11. The second kappa shape index (κ2) is 9.73. The maximum atomic E-state index is 14.6. The highest BCUT2D eigenvalue weighted by Gasteiger charge is 2.74. The molecule has 0 saturated heterocycles. The van der Waals surface area contributed by atoms with Crippen molar-refractivity contribution in [2.24, 2.45) is 33.5 Å². The molecule has 5 nitrogen and oxygen atoms in total. The van der Waals surface area contributed by atoms with E-state index in [0.29, 0.717) is 25.0 Å². The van der Waals surface area contributed by atoms with Crippen molar-refractivity contribution in [1.29, 1.82) is 0 Å². The number of carbonyl (C=O) groups is 1. The van der Waals surface area contributed by atoms with E-state index in [1.165, 1.54) is 22.7 Å². The molecular weight excluding hydrogens is 594 g/mol. The molecule has 47 heavy (non-hydrogen) atoms. The van der Waals surface area contributed by atoms with Crippen molar-refractivity contribution in [3.8, 4) is 0 Å². The van der Waals surface area contributed by atoms with Crippen molar-refractivity contribution in [3.63, 3.8) is 0 Å². The van der Waals surface area contributed by atoms with Gasteiger partial charge in [0, 0.05) is 63.6 Å². The first-order valence-electron chi connectivity index (χ1n) is 17.6. The van der Waals surface area contributed by atoms with Crippen molar-refractivity contribution in [2.45, 2.75) is 83.5 Å². The second-order valence-electron chi connectivity index (χ2n) is 16.4. The SMILES string of the molecule is CC12CCC(O)CC13C=CC1(C(C(=O)c4ccc(F)c(F)c4)=C3)C2CCC2(C)C1CCC2(O)CN1CCc2c([nH]c3ccccc23)C1. The summed E-state index contributed by atoms with van der Waals surface area (Å²) in [4.78, 5) is 20.6. The second-order valence-corrected chi connectivity index (χ2v) is 16.4. The van der Waals surface area contributed by atoms with Crippen molar-refractivity contribution in [1.82, 2.24) is 9.88 Å². The van der Waals surface area contributed by atoms with Crippen LogP contribution in [0.25, 0.3) is 10.9 Å². The van der Waals surface area contributed by atoms with Crippen molar-refractivity contribution >= 4 is 16.7 Å². The summed E-state index contributed by atoms with van der Waals surface area (Å²) in [7, 11) is 0. The Morgan fingerprint density at radius 2 is 1.74 bits per heavy atom. The van der Waals surface area contributed by atoms with E-state index in [0.717, 1.165) is 69.3 Å². The summed E-state index contributed by atoms with van der Waals surface area (Å²) in [5.41, 5.74) is 1.92. The number of aromatic amines is 1. The lowest BCUT2D eigenvalue weighted by Crippen LogP contribution is -2.67. The highest BCUT2D eigenvalue weighted by atomic mass is 19.2. The van der Waals surface area contributed by atoms with Crippen molar-refractivity contribution in [3.05, 3.63) is 94.7 Å². The summed E-state index contributed by atoms with van der Waals surface area (Å²) >= 11 is 0. The summed E-state index contributed by atoms with van der Waals surface area (Å²) in [5, 5.41) is 25.0. The van der Waals surface area contributed by atoms with Gasteiger partial charge in [0.25, 0.3) is 0 Å². The molecule has 8 unspecified atom stereocenters. The Labute approximate surface area is 274 Å². The van der Waals surface area contributed by atoms with Gasteiger partial charge in [-0.25, -0.2) is 8.78 Å². The number of halogens is 2. The first-order valence-corrected chi connectivity index (χ1v) is 17.6. The van der Waals surface area contributed by atoms with E-state index in [2.05, 4.69) is 66.2 Å². The molecular formula is C40H44F2N2O3. The molecule has 0 amide bonds. The molecule has 8 atom stereocenters. The number of aliphatic hydroxyl groups is 2. The Balaban J connectivity index is 1.11. The fraction of sp³-hybridized carbons (Fsp3) is 0.525. The van der Waals surface area contributed by atoms with Gasteiger partial charge in [-0.1, -0.05) is 50.3 Å². The highest BCUT2D eigenvalue weighted by Crippen LogP contribution is 2.78. The monoisotopic (exact) mass is 638 g/mol. The van der Waals surface area contributed by atoms with E-state index >= 15 is 0 Å². The molecule has 10 rings (SSSR count). The van der Waals surface area contributed by atoms with Crippen molar-refractivity contribution < 1.29 is 23.8 Å². The molecule has 0 radical (unpaired) electrons. The third-order valence-electron chi connectivity index (χ3n) is 14.6. The predicted molar refractivity (Wildman–Crippen MR) is 177 cm³/mol. The zero-order chi connectivity index (χ0) is 32.6. The lowest BCUT2D eigenvalue weighted by Gasteiger charge is -2.71. The molecule has 2 aromatic carbocycles. The summed E-state index contributed by atoms with van der Waals surface area (Å²) in [6.45, 7) is 6.83. The predicted octanol–water partition coefficient (Wildman–Crippen LogP) is 7.28. The molecule has 2 bridgehead atoms. The molecule has 3 N–H and O–H groups in total. The quantitative estimate of drug-likeness (QED) is 0.208. The van der Waals surface area contributed by atoms with Gasteiger partial charge < -0.3 is 15.2 Å². The normalized spacial score (nSPS) is 40.5. The maximum Gasteiger partial charge on any atom is 0.189 e. The molecule has 3 fully saturated rings. The van der Waals surface area contributed by atoms with E-state index in [-0.39, 0.29) is 28.6 Å². The van der Waals surface area contributed by atoms with Gasteiger partial charge in [0.2, 0.25) is 0 Å². The molecule has 6 aliphatic carbocycles. The van der Waals surface area contributed by atoms with Gasteiger partial charge in [-0.05, 0) is 98.4 Å². The number of fused-ring (bicyclic) bond motifs is 4. The number of H-pyrrole nitrogens is 1. The van der Waals surface area contributed by atoms with Gasteiger partial charge >= 0.3 is 0 Å². The number of benzene rings is 2. The Hall–Kier alpha value is -3.13. The maximum absolute atomic E-state index is 14.6. The topological polar surface area (TPSA) is 76.6 Å². The van der Waals surface area contributed by atoms with E-state index < -0.39 is 39.6 Å². The van der Waals surface area contributed by atoms with E-state index in [4.69, 9.17) is 0 Å². The number of nitrogens with one attached hydrogen (secondary N) is 1. The average Bonchev–Trinajstić information content (AvgIpc) is 3.55. The number of hydrogen-bond acceptors (Lipinski definition) is 4. The summed E-state index contributed by atoms with van der Waals surface area (Å²) < 4.78 is 28.5. The Bertz CT molecular complexity index is 1900. The first-order chi connectivity index (χ1) is 22.4. The van der Waals surface area contributed by atoms with Crippen LogP contribution in [-0.2, 0) is 13.0 Å². The summed E-state index contributed by atoms with van der Waals surface area (Å²) in [6, 6.07) is 11.9. The molecule has 2 spiro atoms. The van der Waals surface area contributed by atoms with Crippen LogP contribution >= 0.6 is 0 Å². The van der Waals surface area contributed by atoms with Crippen LogP contribution in [0.2, 0.25) is 0 Å². The van der Waals surface area contributed by atoms with Crippen LogP contribution in [-0.4, -0.2) is 50.7 Å². The number of ketones is 1. The standard InChI is InChI=1S/C40H44F2N2O3/c1-36-13-9-25(45)20-38(36)16-17-40(28(21-38)35(46)24-7-8-29(41)30(42)19-24)33(36)10-14-37(2)34(40)11-15-39(37,47)23-44-18-12-27-26-5-3-4-6-31(26)43-32(27)22-44/h3-8,16-17,19,21,25,33-34,43,45,47H,9-15,18,20,22-23H2,1-2H3. The molecule has 246 valence electrons. The van der Waals surface area contributed by atoms with Crippen LogP contribution in [0.1, 0.15) is 80.4 Å². The molecule has 7 heteroatoms. The van der Waals surface area contributed by atoms with Gasteiger partial charge in [-0.3, -0.25) is 9.69 Å². The van der Waals surface area contributed by atoms with E-state index in [1.807, 2.05) is 0 Å². The number of β-amino-alcohol motifs (C(OH)–C–C–N with tert-alkyl or cyclic N) is 1. The molecule has 2 heterocycles. The van der Waals surface area contributed by atoms with Gasteiger partial charge in [0.1, 0.15) is 0 Å². The molecule has 1 aromatic heterocycles. The minimum Gasteiger partial charge on any atom is -0.393 e. The zero-order valence-corrected chi connectivity index (χ0v) is 27.3. The van der Waals surface area contributed by atoms with Crippen LogP contribution < -0.4 is 0 Å². The Morgan fingerprint density at radius 1 is 0.979 bits per heavy atom. The Morgan fingerprint density at radius 3 is 2.57 bits per heavy atom. The first kappa shape index (κ1) is 30.0. The van der Waals surface area contributed by atoms with Gasteiger partial charge in [0.05, 0.1) is 11.7 Å². The molecule has 3 saturated carbocycles. The minimum absolute atomic E-state index is 0.00546. The third-order valence-corrected chi connectivity index (χ3v) is 14.6. The molecule has 3 aromatic rings. The van der Waals surface area contributed by atoms with Crippen molar-refractivity contribution in [2.75, 3.05) is 13.1 Å². The van der Waals surface area contributed by atoms with Gasteiger partial charge in [-0.15, -0.1) is 0 Å². The summed E-state index contributed by atoms with van der Waals surface area (Å²) in [6.07, 6.45) is 12.5. The molecule has 1 aliphatic heterocycles. The number of aromatic nitrogens is 1. The fourth-order valence-corrected chi connectivity index (χ4v) is 12.1. The largest absolute Gasteiger partial charge is 0.393 e. The number of allylic oxidation sites excluding steroid dienone is 4. The number of nitrogens with zero attached hydrogens (tertiary/aromatic N) is 1. The average molecular weight is 639 g/mol. The fourth-order valence-electron chi connectivity index (χ4n) is 12.1. The smallest absolute Gasteiger partial charge is 0.189 e. The number of rotatable bonds is 4. The van der Waals surface area contributed by atoms with Crippen LogP contribution in [0.3, 0.4) is 0 Å². The number of Topliss-reactive ketones (excluding diaryl/α,β-unsaturated/α-hetero) is 1. The van der Waals surface area contributed by atoms with E-state index in [9.17, 15) is 23.8 Å². The minimum atomic E-state index is -1.03. The van der Waals surface area contributed by atoms with Crippen LogP contribution in [0.5, 0.6) is 0 Å². The van der Waals surface area contributed by atoms with Gasteiger partial charge in [-0.2, -0.15) is 0 Å². The number of hydrogen-bond donors (Lipinski definition) is 3. The number of carbonyl (C=O) groups excluding carboxylic acids is 1. The van der Waals surface area contributed by atoms with Crippen LogP contribution in [0.4, 0.5) is 8.78 Å². The number of para-hydroxylation sites is 1. The number of aliphatic hydroxyl groups excluding tert-OH is 1. The van der Waals surface area contributed by atoms with E-state index in [1.54, 1.807) is 0 Å². The van der Waals surface area contributed by atoms with Crippen LogP contribution in [0, 0.1) is 45.1 Å². The Kier molecular flexibility index (Phi) is 6.21. The van der Waals surface area contributed by atoms with Gasteiger partial charge in [0.15, 0.2) is 17.4 Å². The van der Waals surface area contributed by atoms with Crippen LogP contribution in [0.15, 0.2) is 66.3 Å². The lowest BCUT2D eigenvalue weighted by atomic mass is 9.32. The highest BCUT2D eigenvalue weighted by molar-refractivity contribution is 6.10.